The van der Waals surface area contributed by atoms with Crippen molar-refractivity contribution >= 4 is 18.4 Å². The van der Waals surface area contributed by atoms with Gasteiger partial charge in [-0.25, -0.2) is 0 Å². The fraction of sp³-hybridized carbons (Fsp3) is 0.909. The van der Waals surface area contributed by atoms with E-state index >= 15 is 0 Å². The van der Waals surface area contributed by atoms with Gasteiger partial charge >= 0.3 is 5.97 Å². The van der Waals surface area contributed by atoms with Crippen LogP contribution < -0.4 is 5.73 Å². The molecule has 2 aliphatic rings. The Bertz CT molecular complexity index is 233. The summed E-state index contributed by atoms with van der Waals surface area (Å²) < 4.78 is 0. The third kappa shape index (κ3) is 2.45. The van der Waals surface area contributed by atoms with Crippen LogP contribution in [0.15, 0.2) is 0 Å². The van der Waals surface area contributed by atoms with Crippen molar-refractivity contribution in [2.75, 3.05) is 6.54 Å². The molecule has 3 N–H and O–H groups in total. The smallest absolute Gasteiger partial charge is 0.303 e. The van der Waals surface area contributed by atoms with Gasteiger partial charge in [-0.3, -0.25) is 4.79 Å². The van der Waals surface area contributed by atoms with E-state index in [2.05, 4.69) is 0 Å². The van der Waals surface area contributed by atoms with Crippen LogP contribution >= 0.6 is 12.4 Å². The second kappa shape index (κ2) is 4.71. The summed E-state index contributed by atoms with van der Waals surface area (Å²) in [5.41, 5.74) is 5.69. The number of hydrogen-bond acceptors (Lipinski definition) is 2. The van der Waals surface area contributed by atoms with E-state index in [4.69, 9.17) is 10.8 Å². The van der Waals surface area contributed by atoms with Crippen molar-refractivity contribution < 1.29 is 9.90 Å². The van der Waals surface area contributed by atoms with Crippen molar-refractivity contribution in [3.63, 3.8) is 0 Å². The molecule has 3 nitrogen and oxygen atoms in total. The monoisotopic (exact) mass is 233 g/mol. The SMILES string of the molecule is Cl.NCC1(CC(=O)O)CC2CCCC2C1. The summed E-state index contributed by atoms with van der Waals surface area (Å²) in [5, 5.41) is 8.88. The standard InChI is InChI=1S/C11H19NO2.ClH/c12-7-11(6-10(13)14)4-8-2-1-3-9(8)5-11;/h8-9H,1-7,12H2,(H,13,14);1H. The molecule has 0 saturated heterocycles. The van der Waals surface area contributed by atoms with Crippen molar-refractivity contribution in [2.24, 2.45) is 23.0 Å². The topological polar surface area (TPSA) is 63.3 Å². The Morgan fingerprint density at radius 3 is 2.27 bits per heavy atom. The molecule has 0 spiro atoms. The van der Waals surface area contributed by atoms with Gasteiger partial charge in [-0.1, -0.05) is 19.3 Å². The molecule has 2 unspecified atom stereocenters. The highest BCUT2D eigenvalue weighted by atomic mass is 35.5. The maximum Gasteiger partial charge on any atom is 0.303 e. The second-order valence-electron chi connectivity index (χ2n) is 5.13. The minimum atomic E-state index is -0.685. The third-order valence-corrected chi connectivity index (χ3v) is 4.17. The second-order valence-corrected chi connectivity index (χ2v) is 5.13. The van der Waals surface area contributed by atoms with Gasteiger partial charge in [0.05, 0.1) is 6.42 Å². The Hall–Kier alpha value is -0.280. The number of halogens is 1. The van der Waals surface area contributed by atoms with E-state index in [1.807, 2.05) is 0 Å². The molecule has 2 saturated carbocycles. The fourth-order valence-electron chi connectivity index (χ4n) is 3.55. The van der Waals surface area contributed by atoms with E-state index in [9.17, 15) is 4.79 Å². The summed E-state index contributed by atoms with van der Waals surface area (Å²) in [6.07, 6.45) is 6.32. The van der Waals surface area contributed by atoms with E-state index in [-0.39, 0.29) is 24.2 Å². The third-order valence-electron chi connectivity index (χ3n) is 4.17. The number of aliphatic carboxylic acids is 1. The van der Waals surface area contributed by atoms with E-state index in [1.165, 1.54) is 19.3 Å². The Labute approximate surface area is 96.8 Å². The number of rotatable bonds is 3. The highest BCUT2D eigenvalue weighted by Gasteiger charge is 2.46. The van der Waals surface area contributed by atoms with Crippen LogP contribution in [0.2, 0.25) is 0 Å². The quantitative estimate of drug-likeness (QED) is 0.784. The summed E-state index contributed by atoms with van der Waals surface area (Å²) in [7, 11) is 0. The number of carbonyl (C=O) groups is 1. The molecule has 2 fully saturated rings. The number of carboxylic acids is 1. The van der Waals surface area contributed by atoms with Gasteiger partial charge in [-0.05, 0) is 36.6 Å². The lowest BCUT2D eigenvalue weighted by Gasteiger charge is -2.26. The minimum Gasteiger partial charge on any atom is -0.481 e. The van der Waals surface area contributed by atoms with Crippen molar-refractivity contribution in [2.45, 2.75) is 38.5 Å². The maximum atomic E-state index is 10.8. The van der Waals surface area contributed by atoms with E-state index in [1.54, 1.807) is 0 Å². The first kappa shape index (κ1) is 12.8. The number of nitrogens with two attached hydrogens (primary N) is 1. The Kier molecular flexibility index (Phi) is 4.01. The molecule has 0 bridgehead atoms. The lowest BCUT2D eigenvalue weighted by Crippen LogP contribution is -2.31. The van der Waals surface area contributed by atoms with Crippen LogP contribution in [-0.4, -0.2) is 17.6 Å². The molecule has 2 rings (SSSR count). The van der Waals surface area contributed by atoms with Crippen LogP contribution in [0.25, 0.3) is 0 Å². The zero-order valence-electron chi connectivity index (χ0n) is 8.95. The van der Waals surface area contributed by atoms with E-state index in [0.29, 0.717) is 6.54 Å². The molecule has 0 heterocycles. The number of carboxylic acid groups (broad SMARTS) is 1. The Morgan fingerprint density at radius 1 is 1.33 bits per heavy atom. The Balaban J connectivity index is 0.00000112. The van der Waals surface area contributed by atoms with Gasteiger partial charge in [0.1, 0.15) is 0 Å². The van der Waals surface area contributed by atoms with E-state index < -0.39 is 5.97 Å². The molecule has 88 valence electrons. The molecular weight excluding hydrogens is 214 g/mol. The van der Waals surface area contributed by atoms with Crippen LogP contribution in [-0.2, 0) is 4.79 Å². The first-order chi connectivity index (χ1) is 6.65. The van der Waals surface area contributed by atoms with Gasteiger partial charge in [-0.2, -0.15) is 0 Å². The van der Waals surface area contributed by atoms with Gasteiger partial charge in [-0.15, -0.1) is 12.4 Å². The molecule has 0 aromatic rings. The average molecular weight is 234 g/mol. The molecular formula is C11H20ClNO2. The zero-order chi connectivity index (χ0) is 10.2. The van der Waals surface area contributed by atoms with Crippen LogP contribution in [0.1, 0.15) is 38.5 Å². The molecule has 2 atom stereocenters. The van der Waals surface area contributed by atoms with Crippen molar-refractivity contribution in [3.8, 4) is 0 Å². The summed E-state index contributed by atoms with van der Waals surface area (Å²) in [5.74, 6) is 0.867. The van der Waals surface area contributed by atoms with Gasteiger partial charge < -0.3 is 10.8 Å². The van der Waals surface area contributed by atoms with E-state index in [0.717, 1.165) is 24.7 Å². The molecule has 2 aliphatic carbocycles. The van der Waals surface area contributed by atoms with Gasteiger partial charge in [0, 0.05) is 0 Å². The zero-order valence-corrected chi connectivity index (χ0v) is 9.76. The van der Waals surface area contributed by atoms with Crippen LogP contribution in [0, 0.1) is 17.3 Å². The molecule has 0 radical (unpaired) electrons. The molecule has 0 aliphatic heterocycles. The highest BCUT2D eigenvalue weighted by Crippen LogP contribution is 2.53. The largest absolute Gasteiger partial charge is 0.481 e. The van der Waals surface area contributed by atoms with Gasteiger partial charge in [0.25, 0.3) is 0 Å². The fourth-order valence-corrected chi connectivity index (χ4v) is 3.55. The van der Waals surface area contributed by atoms with Gasteiger partial charge in [0.2, 0.25) is 0 Å². The summed E-state index contributed by atoms with van der Waals surface area (Å²) >= 11 is 0. The first-order valence-electron chi connectivity index (χ1n) is 5.57. The van der Waals surface area contributed by atoms with Crippen molar-refractivity contribution in [1.82, 2.24) is 0 Å². The number of fused-ring (bicyclic) bond motifs is 1. The predicted octanol–water partition coefficient (Wildman–Crippen LogP) is 2.04. The minimum absolute atomic E-state index is 0. The maximum absolute atomic E-state index is 10.8. The van der Waals surface area contributed by atoms with Crippen LogP contribution in [0.3, 0.4) is 0 Å². The molecule has 0 amide bonds. The summed E-state index contributed by atoms with van der Waals surface area (Å²) in [6.45, 7) is 0.548. The summed E-state index contributed by atoms with van der Waals surface area (Å²) in [6, 6.07) is 0. The van der Waals surface area contributed by atoms with Gasteiger partial charge in [0.15, 0.2) is 0 Å². The predicted molar refractivity (Wildman–Crippen MR) is 61.1 cm³/mol. The molecule has 0 aromatic heterocycles. The van der Waals surface area contributed by atoms with Crippen LogP contribution in [0.5, 0.6) is 0 Å². The van der Waals surface area contributed by atoms with Crippen LogP contribution in [0.4, 0.5) is 0 Å². The Morgan fingerprint density at radius 2 is 1.87 bits per heavy atom. The first-order valence-corrected chi connectivity index (χ1v) is 5.57. The molecule has 4 heteroatoms. The summed E-state index contributed by atoms with van der Waals surface area (Å²) in [4.78, 5) is 10.8. The highest BCUT2D eigenvalue weighted by molar-refractivity contribution is 5.85. The average Bonchev–Trinajstić information content (AvgIpc) is 2.61. The van der Waals surface area contributed by atoms with Crippen molar-refractivity contribution in [1.29, 1.82) is 0 Å². The lowest BCUT2D eigenvalue weighted by molar-refractivity contribution is -0.139. The lowest BCUT2D eigenvalue weighted by atomic mass is 9.80. The molecule has 0 aromatic carbocycles. The molecule has 15 heavy (non-hydrogen) atoms. The normalized spacial score (nSPS) is 38.5. The number of hydrogen-bond donors (Lipinski definition) is 2. The van der Waals surface area contributed by atoms with Crippen molar-refractivity contribution in [3.05, 3.63) is 0 Å².